The summed E-state index contributed by atoms with van der Waals surface area (Å²) in [6, 6.07) is 0. The Bertz CT molecular complexity index is 246. The maximum Gasteiger partial charge on any atom is 0.155 e. The highest BCUT2D eigenvalue weighted by Crippen LogP contribution is 2.32. The van der Waals surface area contributed by atoms with Gasteiger partial charge in [-0.05, 0) is 6.92 Å². The Labute approximate surface area is 91.8 Å². The van der Waals surface area contributed by atoms with Crippen molar-refractivity contribution in [1.82, 2.24) is 0 Å². The Morgan fingerprint density at radius 3 is 2.87 bits per heavy atom. The fourth-order valence-corrected chi connectivity index (χ4v) is 2.48. The lowest BCUT2D eigenvalue weighted by Crippen LogP contribution is -2.60. The lowest BCUT2D eigenvalue weighted by atomic mass is 9.96. The molecule has 0 aliphatic carbocycles. The summed E-state index contributed by atoms with van der Waals surface area (Å²) in [6.45, 7) is 5.97. The van der Waals surface area contributed by atoms with Crippen molar-refractivity contribution in [2.24, 2.45) is 0 Å². The average Bonchev–Trinajstić information content (AvgIpc) is 2.24. The van der Waals surface area contributed by atoms with Gasteiger partial charge in [-0.25, -0.2) is 0 Å². The number of hydrogen-bond donors (Lipinski definition) is 1. The highest BCUT2D eigenvalue weighted by molar-refractivity contribution is 7.17. The van der Waals surface area contributed by atoms with Gasteiger partial charge in [-0.2, -0.15) is 0 Å². The van der Waals surface area contributed by atoms with Crippen molar-refractivity contribution in [2.75, 3.05) is 6.61 Å². The Morgan fingerprint density at radius 2 is 2.20 bits per heavy atom. The lowest BCUT2D eigenvalue weighted by molar-refractivity contribution is -0.294. The molecule has 2 saturated heterocycles. The van der Waals surface area contributed by atoms with E-state index >= 15 is 0 Å². The molecule has 2 aliphatic heterocycles. The molecule has 15 heavy (non-hydrogen) atoms. The monoisotopic (exact) mass is 232 g/mol. The number of aliphatic hydroxyl groups excluding tert-OH is 1. The molecule has 0 aromatic rings. The number of rotatable bonds is 1. The molecule has 0 spiro atoms. The first-order valence-electron chi connectivity index (χ1n) is 5.12. The molecular formula is C10H17O4P. The maximum absolute atomic E-state index is 10.1. The fraction of sp³-hybridized carbons (Fsp3) is 0.800. The Hall–Kier alpha value is 0.0100. The zero-order valence-corrected chi connectivity index (χ0v) is 9.86. The van der Waals surface area contributed by atoms with Crippen molar-refractivity contribution in [3.05, 3.63) is 12.7 Å². The molecule has 1 unspecified atom stereocenters. The first-order chi connectivity index (χ1) is 7.13. The quantitative estimate of drug-likeness (QED) is 0.522. The van der Waals surface area contributed by atoms with Crippen LogP contribution in [0.2, 0.25) is 0 Å². The zero-order chi connectivity index (χ0) is 11.0. The summed E-state index contributed by atoms with van der Waals surface area (Å²) in [5, 5.41) is 10.1. The van der Waals surface area contributed by atoms with Gasteiger partial charge in [0.05, 0.1) is 18.8 Å². The highest BCUT2D eigenvalue weighted by atomic mass is 31.0. The van der Waals surface area contributed by atoms with Crippen LogP contribution >= 0.6 is 9.24 Å². The van der Waals surface area contributed by atoms with Crippen LogP contribution < -0.4 is 0 Å². The second-order valence-electron chi connectivity index (χ2n) is 3.94. The Balaban J connectivity index is 2.11. The van der Waals surface area contributed by atoms with Gasteiger partial charge < -0.3 is 19.3 Å². The second-order valence-corrected chi connectivity index (χ2v) is 4.71. The van der Waals surface area contributed by atoms with E-state index in [4.69, 9.17) is 14.2 Å². The number of hydrogen-bond acceptors (Lipinski definition) is 4. The summed E-state index contributed by atoms with van der Waals surface area (Å²) in [7, 11) is 2.59. The molecule has 0 radical (unpaired) electrons. The molecule has 2 heterocycles. The van der Waals surface area contributed by atoms with E-state index in [0.717, 1.165) is 0 Å². The van der Waals surface area contributed by atoms with Crippen molar-refractivity contribution < 1.29 is 19.3 Å². The van der Waals surface area contributed by atoms with E-state index in [1.165, 1.54) is 0 Å². The predicted molar refractivity (Wildman–Crippen MR) is 58.6 cm³/mol. The van der Waals surface area contributed by atoms with Gasteiger partial charge in [-0.3, -0.25) is 0 Å². The second kappa shape index (κ2) is 4.48. The standard InChI is InChI=1S/C10H17O4P/c1-3-6-10(15)8(11)9-7(14-6)4-12-5(2)13-9/h3,5-11H,1,4,15H2,2H3/t5-,6-,7-,8-,9-,10-/m1/s1. The molecule has 0 bridgehead atoms. The van der Waals surface area contributed by atoms with E-state index in [-0.39, 0.29) is 30.3 Å². The molecule has 2 aliphatic rings. The number of fused-ring (bicyclic) bond motifs is 1. The Morgan fingerprint density at radius 1 is 1.47 bits per heavy atom. The molecule has 5 heteroatoms. The van der Waals surface area contributed by atoms with Crippen LogP contribution in [0.4, 0.5) is 0 Å². The summed E-state index contributed by atoms with van der Waals surface area (Å²) < 4.78 is 16.6. The third-order valence-corrected chi connectivity index (χ3v) is 3.66. The molecule has 4 nitrogen and oxygen atoms in total. The molecule has 7 atom stereocenters. The summed E-state index contributed by atoms with van der Waals surface area (Å²) in [6.07, 6.45) is 0.218. The number of ether oxygens (including phenoxy) is 3. The van der Waals surface area contributed by atoms with E-state index in [2.05, 4.69) is 15.8 Å². The topological polar surface area (TPSA) is 47.9 Å². The molecule has 0 aromatic carbocycles. The SMILES string of the molecule is C=C[C@H]1O[C@@H]2CO[C@@H](C)O[C@H]2[C@@H](O)[C@@H]1P. The van der Waals surface area contributed by atoms with Crippen LogP contribution in [-0.2, 0) is 14.2 Å². The summed E-state index contributed by atoms with van der Waals surface area (Å²) in [5.74, 6) is 0. The van der Waals surface area contributed by atoms with Crippen molar-refractivity contribution >= 4 is 9.24 Å². The van der Waals surface area contributed by atoms with E-state index in [0.29, 0.717) is 6.61 Å². The molecule has 0 saturated carbocycles. The van der Waals surface area contributed by atoms with Crippen LogP contribution in [0.5, 0.6) is 0 Å². The molecule has 0 aromatic heterocycles. The Kier molecular flexibility index (Phi) is 3.43. The molecule has 86 valence electrons. The van der Waals surface area contributed by atoms with Gasteiger partial charge in [0.25, 0.3) is 0 Å². The van der Waals surface area contributed by atoms with E-state index in [9.17, 15) is 5.11 Å². The van der Waals surface area contributed by atoms with Gasteiger partial charge in [-0.15, -0.1) is 15.8 Å². The molecule has 0 amide bonds. The summed E-state index contributed by atoms with van der Waals surface area (Å²) >= 11 is 0. The average molecular weight is 232 g/mol. The first-order valence-corrected chi connectivity index (χ1v) is 5.79. The lowest BCUT2D eigenvalue weighted by Gasteiger charge is -2.46. The van der Waals surface area contributed by atoms with Gasteiger partial charge >= 0.3 is 0 Å². The van der Waals surface area contributed by atoms with Gasteiger partial charge in [0.2, 0.25) is 0 Å². The van der Waals surface area contributed by atoms with E-state index in [1.54, 1.807) is 6.08 Å². The van der Waals surface area contributed by atoms with Gasteiger partial charge in [0.15, 0.2) is 6.29 Å². The molecule has 1 N–H and O–H groups in total. The van der Waals surface area contributed by atoms with E-state index < -0.39 is 6.10 Å². The van der Waals surface area contributed by atoms with Crippen molar-refractivity contribution in [3.8, 4) is 0 Å². The minimum absolute atomic E-state index is 0.0750. The van der Waals surface area contributed by atoms with Crippen molar-refractivity contribution in [2.45, 2.75) is 43.3 Å². The van der Waals surface area contributed by atoms with Crippen molar-refractivity contribution in [3.63, 3.8) is 0 Å². The van der Waals surface area contributed by atoms with Crippen LogP contribution in [0.25, 0.3) is 0 Å². The van der Waals surface area contributed by atoms with Crippen LogP contribution in [0.1, 0.15) is 6.92 Å². The van der Waals surface area contributed by atoms with Gasteiger partial charge in [-0.1, -0.05) is 6.08 Å². The van der Waals surface area contributed by atoms with Crippen molar-refractivity contribution in [1.29, 1.82) is 0 Å². The zero-order valence-electron chi connectivity index (χ0n) is 8.70. The fourth-order valence-electron chi connectivity index (χ4n) is 2.01. The smallest absolute Gasteiger partial charge is 0.155 e. The first kappa shape index (κ1) is 11.5. The van der Waals surface area contributed by atoms with Gasteiger partial charge in [0, 0.05) is 5.66 Å². The molecule has 2 rings (SSSR count). The summed E-state index contributed by atoms with van der Waals surface area (Å²) in [5.41, 5.74) is -0.0750. The summed E-state index contributed by atoms with van der Waals surface area (Å²) in [4.78, 5) is 0. The number of aliphatic hydroxyl groups is 1. The largest absolute Gasteiger partial charge is 0.390 e. The normalized spacial score (nSPS) is 50.9. The molecule has 2 fully saturated rings. The highest BCUT2D eigenvalue weighted by Gasteiger charge is 2.45. The third-order valence-electron chi connectivity index (χ3n) is 2.88. The predicted octanol–water partition coefficient (Wildman–Crippen LogP) is 0.306. The van der Waals surface area contributed by atoms with Crippen LogP contribution in [0.3, 0.4) is 0 Å². The minimum atomic E-state index is -0.553. The van der Waals surface area contributed by atoms with Crippen LogP contribution in [-0.4, -0.2) is 48.1 Å². The maximum atomic E-state index is 10.1. The minimum Gasteiger partial charge on any atom is -0.390 e. The molecular weight excluding hydrogens is 215 g/mol. The van der Waals surface area contributed by atoms with Crippen LogP contribution in [0, 0.1) is 0 Å². The van der Waals surface area contributed by atoms with Crippen LogP contribution in [0.15, 0.2) is 12.7 Å². The van der Waals surface area contributed by atoms with E-state index in [1.807, 2.05) is 6.92 Å². The van der Waals surface area contributed by atoms with Gasteiger partial charge in [0.1, 0.15) is 12.2 Å². The third kappa shape index (κ3) is 2.10.